The fourth-order valence-electron chi connectivity index (χ4n) is 6.65. The number of carbonyl (C=O) groups excluding carboxylic acids is 5. The lowest BCUT2D eigenvalue weighted by Crippen LogP contribution is -2.51. The van der Waals surface area contributed by atoms with Gasteiger partial charge in [0.05, 0.1) is 17.7 Å². The Morgan fingerprint density at radius 2 is 1.44 bits per heavy atom. The van der Waals surface area contributed by atoms with Gasteiger partial charge in [-0.05, 0) is 79.7 Å². The topological polar surface area (TPSA) is 114 Å². The average molecular weight is 610 g/mol. The fourth-order valence-corrected chi connectivity index (χ4v) is 6.65. The zero-order valence-corrected chi connectivity index (χ0v) is 26.0. The van der Waals surface area contributed by atoms with Gasteiger partial charge < -0.3 is 4.74 Å². The molecule has 0 atom stereocenters. The first kappa shape index (κ1) is 30.6. The Kier molecular flexibility index (Phi) is 8.79. The van der Waals surface area contributed by atoms with Gasteiger partial charge in [-0.1, -0.05) is 44.2 Å². The minimum absolute atomic E-state index is 0.00768. The summed E-state index contributed by atoms with van der Waals surface area (Å²) in [5.41, 5.74) is 5.29. The molecular formula is C36H39N3O6. The summed E-state index contributed by atoms with van der Waals surface area (Å²) >= 11 is 0. The van der Waals surface area contributed by atoms with E-state index in [2.05, 4.69) is 4.98 Å². The molecule has 7 rings (SSSR count). The third kappa shape index (κ3) is 6.00. The van der Waals surface area contributed by atoms with Crippen molar-refractivity contribution in [3.05, 3.63) is 81.6 Å². The molecule has 0 spiro atoms. The summed E-state index contributed by atoms with van der Waals surface area (Å²) in [5.74, 6) is -0.132. The number of nitrogens with zero attached hydrogens (tertiary/aromatic N) is 3. The summed E-state index contributed by atoms with van der Waals surface area (Å²) in [4.78, 5) is 69.2. The van der Waals surface area contributed by atoms with Crippen molar-refractivity contribution >= 4 is 29.4 Å². The molecule has 3 heterocycles. The molecule has 0 radical (unpaired) electrons. The first-order valence-electron chi connectivity index (χ1n) is 16.2. The van der Waals surface area contributed by atoms with Gasteiger partial charge in [-0.25, -0.2) is 4.98 Å². The molecule has 4 amide bonds. The average Bonchev–Trinajstić information content (AvgIpc) is 2.98. The van der Waals surface area contributed by atoms with Crippen LogP contribution in [0.15, 0.2) is 59.2 Å². The lowest BCUT2D eigenvalue weighted by Gasteiger charge is -2.40. The van der Waals surface area contributed by atoms with Gasteiger partial charge in [0.1, 0.15) is 6.61 Å². The van der Waals surface area contributed by atoms with Crippen molar-refractivity contribution in [1.82, 2.24) is 14.8 Å². The number of ketones is 1. The van der Waals surface area contributed by atoms with Crippen LogP contribution >= 0.6 is 0 Å². The van der Waals surface area contributed by atoms with Crippen LogP contribution in [0, 0.1) is 0 Å². The van der Waals surface area contributed by atoms with Crippen LogP contribution in [0.2, 0.25) is 0 Å². The molecule has 234 valence electrons. The first-order valence-corrected chi connectivity index (χ1v) is 16.2. The van der Waals surface area contributed by atoms with Crippen LogP contribution in [-0.4, -0.2) is 56.3 Å². The minimum Gasteiger partial charge on any atom is -0.473 e. The maximum absolute atomic E-state index is 13.0. The molecule has 2 fully saturated rings. The maximum Gasteiger partial charge on any atom is 0.262 e. The number of amides is 4. The molecule has 2 aromatic rings. The number of benzene rings is 1. The van der Waals surface area contributed by atoms with E-state index in [-0.39, 0.29) is 60.8 Å². The van der Waals surface area contributed by atoms with Crippen LogP contribution in [0.1, 0.15) is 98.8 Å². The fraction of sp³-hybridized carbons (Fsp3) is 0.444. The van der Waals surface area contributed by atoms with E-state index in [1.165, 1.54) is 9.80 Å². The number of aryl methyl sites for hydroxylation is 1. The lowest BCUT2D eigenvalue weighted by atomic mass is 9.81. The SMILES string of the molecule is CCC1=CC(=O)CC2=C1C(=O)N(C1CCC1)C(=O)C2.CCc1cc(OCc2ccccc2)nc2c1C(=O)N(C1CCC1)C(=O)C2. The molecule has 3 aliphatic carbocycles. The van der Waals surface area contributed by atoms with Crippen molar-refractivity contribution in [3.63, 3.8) is 0 Å². The summed E-state index contributed by atoms with van der Waals surface area (Å²) in [6, 6.07) is 11.9. The smallest absolute Gasteiger partial charge is 0.262 e. The van der Waals surface area contributed by atoms with Crippen LogP contribution in [0.3, 0.4) is 0 Å². The summed E-state index contributed by atoms with van der Waals surface area (Å²) in [6.45, 7) is 4.35. The van der Waals surface area contributed by atoms with Crippen LogP contribution < -0.4 is 4.74 Å². The number of imide groups is 2. The highest BCUT2D eigenvalue weighted by Crippen LogP contribution is 2.37. The molecule has 2 saturated carbocycles. The van der Waals surface area contributed by atoms with E-state index in [4.69, 9.17) is 4.74 Å². The molecule has 0 N–H and O–H groups in total. The summed E-state index contributed by atoms with van der Waals surface area (Å²) in [5, 5.41) is 0. The molecule has 0 bridgehead atoms. The third-order valence-corrected chi connectivity index (χ3v) is 9.51. The van der Waals surface area contributed by atoms with Crippen LogP contribution in [0.4, 0.5) is 0 Å². The van der Waals surface area contributed by atoms with Gasteiger partial charge in [0.15, 0.2) is 5.78 Å². The van der Waals surface area contributed by atoms with Gasteiger partial charge in [0.25, 0.3) is 11.8 Å². The Morgan fingerprint density at radius 3 is 2.04 bits per heavy atom. The summed E-state index contributed by atoms with van der Waals surface area (Å²) in [6.07, 6.45) is 9.42. The van der Waals surface area contributed by atoms with Crippen molar-refractivity contribution < 1.29 is 28.7 Å². The minimum atomic E-state index is -0.181. The standard InChI is InChI=1S/C21H22N2O3.C15H17NO3/c1-2-15-11-18(26-13-14-7-4-3-5-8-14)22-17-12-19(24)23(16-9-6-10-16)21(25)20(15)17;1-2-9-6-12(17)7-10-8-13(18)16(11-4-3-5-11)15(19)14(9)10/h3-5,7-8,11,16H,2,6,9-10,12-13H2,1H3;6,11H,2-5,7-8H2,1H3. The Balaban J connectivity index is 0.000000167. The summed E-state index contributed by atoms with van der Waals surface area (Å²) < 4.78 is 5.83. The van der Waals surface area contributed by atoms with E-state index in [0.717, 1.165) is 60.8 Å². The quantitative estimate of drug-likeness (QED) is 0.396. The summed E-state index contributed by atoms with van der Waals surface area (Å²) in [7, 11) is 0. The normalized spacial score (nSPS) is 20.1. The van der Waals surface area contributed by atoms with Crippen LogP contribution in [-0.2, 0) is 38.6 Å². The van der Waals surface area contributed by atoms with Crippen molar-refractivity contribution in [2.45, 2.75) is 103 Å². The van der Waals surface area contributed by atoms with E-state index in [1.807, 2.05) is 50.2 Å². The van der Waals surface area contributed by atoms with Crippen LogP contribution in [0.5, 0.6) is 5.88 Å². The molecule has 9 nitrogen and oxygen atoms in total. The van der Waals surface area contributed by atoms with E-state index in [0.29, 0.717) is 42.2 Å². The first-order chi connectivity index (χ1) is 21.8. The molecule has 1 aromatic carbocycles. The molecule has 5 aliphatic rings. The number of carbonyl (C=O) groups is 5. The van der Waals surface area contributed by atoms with Crippen LogP contribution in [0.25, 0.3) is 0 Å². The highest BCUT2D eigenvalue weighted by atomic mass is 16.5. The zero-order valence-electron chi connectivity index (χ0n) is 26.0. The number of hydrogen-bond acceptors (Lipinski definition) is 7. The van der Waals surface area contributed by atoms with Crippen molar-refractivity contribution in [2.75, 3.05) is 0 Å². The van der Waals surface area contributed by atoms with Gasteiger partial charge in [0.2, 0.25) is 17.7 Å². The highest BCUT2D eigenvalue weighted by molar-refractivity contribution is 6.14. The Bertz CT molecular complexity index is 1620. The number of allylic oxidation sites excluding steroid dienone is 1. The van der Waals surface area contributed by atoms with Gasteiger partial charge in [0, 0.05) is 36.6 Å². The van der Waals surface area contributed by atoms with E-state index in [1.54, 1.807) is 6.08 Å². The monoisotopic (exact) mass is 609 g/mol. The number of ether oxygens (including phenoxy) is 1. The van der Waals surface area contributed by atoms with Gasteiger partial charge in [-0.3, -0.25) is 33.8 Å². The Labute approximate surface area is 263 Å². The number of fused-ring (bicyclic) bond motifs is 1. The molecule has 45 heavy (non-hydrogen) atoms. The Hall–Kier alpha value is -4.40. The molecule has 9 heteroatoms. The highest BCUT2D eigenvalue weighted by Gasteiger charge is 2.42. The molecule has 0 saturated heterocycles. The van der Waals surface area contributed by atoms with Gasteiger partial charge in [-0.2, -0.15) is 0 Å². The Morgan fingerprint density at radius 1 is 0.800 bits per heavy atom. The predicted molar refractivity (Wildman–Crippen MR) is 166 cm³/mol. The van der Waals surface area contributed by atoms with Crippen molar-refractivity contribution in [1.29, 1.82) is 0 Å². The molecule has 2 aliphatic heterocycles. The molecule has 1 aromatic heterocycles. The molecule has 0 unspecified atom stereocenters. The second-order valence-electron chi connectivity index (χ2n) is 12.4. The zero-order chi connectivity index (χ0) is 31.7. The number of hydrogen-bond donors (Lipinski definition) is 0. The third-order valence-electron chi connectivity index (χ3n) is 9.51. The van der Waals surface area contributed by atoms with E-state index < -0.39 is 0 Å². The lowest BCUT2D eigenvalue weighted by molar-refractivity contribution is -0.148. The predicted octanol–water partition coefficient (Wildman–Crippen LogP) is 5.20. The van der Waals surface area contributed by atoms with Gasteiger partial charge >= 0.3 is 0 Å². The van der Waals surface area contributed by atoms with Crippen molar-refractivity contribution in [2.24, 2.45) is 0 Å². The van der Waals surface area contributed by atoms with Gasteiger partial charge in [-0.15, -0.1) is 0 Å². The maximum atomic E-state index is 13.0. The second-order valence-corrected chi connectivity index (χ2v) is 12.4. The number of pyridine rings is 1. The molecular weight excluding hydrogens is 570 g/mol. The second kappa shape index (κ2) is 12.9. The number of rotatable bonds is 7. The van der Waals surface area contributed by atoms with E-state index >= 15 is 0 Å². The van der Waals surface area contributed by atoms with E-state index in [9.17, 15) is 24.0 Å². The largest absolute Gasteiger partial charge is 0.473 e. The number of aromatic nitrogens is 1. The van der Waals surface area contributed by atoms with Crippen molar-refractivity contribution in [3.8, 4) is 5.88 Å².